The number of hydrogen-bond donors (Lipinski definition) is 2. The average Bonchev–Trinajstić information content (AvgIpc) is 3.17. The third-order valence-electron chi connectivity index (χ3n) is 3.80. The molecule has 2 N–H and O–H groups in total. The molecule has 0 unspecified atom stereocenters. The molecule has 2 aromatic heterocycles. The Labute approximate surface area is 122 Å². The molecule has 0 aromatic carbocycles. The predicted molar refractivity (Wildman–Crippen MR) is 75.7 cm³/mol. The molecule has 21 heavy (non-hydrogen) atoms. The first-order valence-electron chi connectivity index (χ1n) is 7.15. The number of rotatable bonds is 5. The van der Waals surface area contributed by atoms with Crippen LogP contribution >= 0.6 is 0 Å². The number of carbonyl (C=O) groups excluding carboxylic acids is 1. The topological polar surface area (TPSA) is 84.8 Å². The Morgan fingerprint density at radius 1 is 1.57 bits per heavy atom. The molecule has 1 aliphatic rings. The van der Waals surface area contributed by atoms with Gasteiger partial charge in [-0.15, -0.1) is 0 Å². The molecule has 0 spiro atoms. The highest BCUT2D eigenvalue weighted by atomic mass is 16.5. The molecule has 2 heterocycles. The maximum Gasteiger partial charge on any atom is 0.240 e. The molecule has 1 fully saturated rings. The van der Waals surface area contributed by atoms with Crippen LogP contribution in [-0.4, -0.2) is 37.8 Å². The molecule has 0 saturated heterocycles. The molecule has 3 rings (SSSR count). The van der Waals surface area contributed by atoms with E-state index >= 15 is 0 Å². The number of carbonyl (C=O) groups is 1. The van der Waals surface area contributed by atoms with Crippen molar-refractivity contribution in [3.63, 3.8) is 0 Å². The van der Waals surface area contributed by atoms with Gasteiger partial charge >= 0.3 is 0 Å². The molecule has 0 radical (unpaired) electrons. The molecule has 1 aliphatic carbocycles. The van der Waals surface area contributed by atoms with E-state index in [4.69, 9.17) is 4.74 Å². The van der Waals surface area contributed by atoms with Crippen molar-refractivity contribution in [1.29, 1.82) is 0 Å². The lowest BCUT2D eigenvalue weighted by atomic mass is 10.2. The standard InChI is InChI=1S/C14H19N5O2/c1-10-15-5-6-19(10)9-14(20)18-12-3-2-4-13(12)21-11-7-16-17-8-11/h5-8,12-13H,2-4,9H2,1H3,(H,16,17)(H,18,20)/t12-,13+/m0/s1. The summed E-state index contributed by atoms with van der Waals surface area (Å²) in [5.41, 5.74) is 0. The normalized spacial score (nSPS) is 21.4. The lowest BCUT2D eigenvalue weighted by Crippen LogP contribution is -2.43. The van der Waals surface area contributed by atoms with Crippen LogP contribution in [0.15, 0.2) is 24.8 Å². The molecule has 1 saturated carbocycles. The van der Waals surface area contributed by atoms with Crippen molar-refractivity contribution in [1.82, 2.24) is 25.1 Å². The van der Waals surface area contributed by atoms with Crippen molar-refractivity contribution in [3.05, 3.63) is 30.6 Å². The van der Waals surface area contributed by atoms with Gasteiger partial charge in [0.2, 0.25) is 5.91 Å². The van der Waals surface area contributed by atoms with Gasteiger partial charge in [-0.25, -0.2) is 4.98 Å². The third-order valence-corrected chi connectivity index (χ3v) is 3.80. The minimum absolute atomic E-state index is 0.00966. The summed E-state index contributed by atoms with van der Waals surface area (Å²) in [5, 5.41) is 9.65. The molecule has 0 bridgehead atoms. The summed E-state index contributed by atoms with van der Waals surface area (Å²) in [5.74, 6) is 1.54. The van der Waals surface area contributed by atoms with Crippen LogP contribution in [0.5, 0.6) is 5.75 Å². The lowest BCUT2D eigenvalue weighted by Gasteiger charge is -2.21. The molecule has 1 amide bonds. The van der Waals surface area contributed by atoms with Gasteiger partial charge in [0, 0.05) is 12.4 Å². The molecule has 7 heteroatoms. The van der Waals surface area contributed by atoms with Gasteiger partial charge in [0.1, 0.15) is 18.5 Å². The summed E-state index contributed by atoms with van der Waals surface area (Å²) < 4.78 is 7.69. The van der Waals surface area contributed by atoms with Gasteiger partial charge in [0.25, 0.3) is 0 Å². The van der Waals surface area contributed by atoms with Crippen molar-refractivity contribution < 1.29 is 9.53 Å². The Morgan fingerprint density at radius 2 is 2.48 bits per heavy atom. The molecule has 112 valence electrons. The van der Waals surface area contributed by atoms with Crippen LogP contribution in [0.2, 0.25) is 0 Å². The second-order valence-corrected chi connectivity index (χ2v) is 5.30. The summed E-state index contributed by atoms with van der Waals surface area (Å²) in [6.07, 6.45) is 9.81. The van der Waals surface area contributed by atoms with Crippen molar-refractivity contribution in [3.8, 4) is 5.75 Å². The fraction of sp³-hybridized carbons (Fsp3) is 0.500. The number of hydrogen-bond acceptors (Lipinski definition) is 4. The number of imidazole rings is 1. The van der Waals surface area contributed by atoms with E-state index in [0.29, 0.717) is 12.3 Å². The first-order valence-corrected chi connectivity index (χ1v) is 7.15. The molecule has 0 aliphatic heterocycles. The van der Waals surface area contributed by atoms with E-state index in [1.807, 2.05) is 17.7 Å². The molecule has 2 aromatic rings. The minimum Gasteiger partial charge on any atom is -0.485 e. The molecule has 2 atom stereocenters. The average molecular weight is 289 g/mol. The van der Waals surface area contributed by atoms with Gasteiger partial charge in [-0.05, 0) is 26.2 Å². The largest absolute Gasteiger partial charge is 0.485 e. The smallest absolute Gasteiger partial charge is 0.240 e. The SMILES string of the molecule is Cc1nccn1CC(=O)N[C@H]1CCC[C@H]1Oc1cn[nH]c1. The van der Waals surface area contributed by atoms with Crippen LogP contribution in [0.1, 0.15) is 25.1 Å². The van der Waals surface area contributed by atoms with E-state index in [1.165, 1.54) is 0 Å². The Morgan fingerprint density at radius 3 is 3.19 bits per heavy atom. The van der Waals surface area contributed by atoms with Crippen LogP contribution in [-0.2, 0) is 11.3 Å². The van der Waals surface area contributed by atoms with Gasteiger partial charge < -0.3 is 14.6 Å². The Bertz CT molecular complexity index is 592. The minimum atomic E-state index is -0.0104. The number of nitrogens with one attached hydrogen (secondary N) is 2. The summed E-state index contributed by atoms with van der Waals surface area (Å²) in [7, 11) is 0. The second-order valence-electron chi connectivity index (χ2n) is 5.30. The van der Waals surface area contributed by atoms with Gasteiger partial charge in [-0.3, -0.25) is 9.89 Å². The lowest BCUT2D eigenvalue weighted by molar-refractivity contribution is -0.122. The van der Waals surface area contributed by atoms with Gasteiger partial charge in [0.15, 0.2) is 5.75 Å². The molecule has 7 nitrogen and oxygen atoms in total. The zero-order chi connectivity index (χ0) is 14.7. The number of H-pyrrole nitrogens is 1. The first kappa shape index (κ1) is 13.7. The molecular formula is C14H19N5O2. The van der Waals surface area contributed by atoms with E-state index in [0.717, 1.165) is 25.1 Å². The van der Waals surface area contributed by atoms with Crippen LogP contribution in [0, 0.1) is 6.92 Å². The van der Waals surface area contributed by atoms with Gasteiger partial charge in [-0.2, -0.15) is 5.10 Å². The van der Waals surface area contributed by atoms with Gasteiger partial charge in [0.05, 0.1) is 18.4 Å². The van der Waals surface area contributed by atoms with Crippen molar-refractivity contribution in [2.45, 2.75) is 44.9 Å². The van der Waals surface area contributed by atoms with E-state index in [2.05, 4.69) is 20.5 Å². The fourth-order valence-corrected chi connectivity index (χ4v) is 2.69. The highest BCUT2D eigenvalue weighted by Gasteiger charge is 2.30. The maximum atomic E-state index is 12.1. The number of amides is 1. The second kappa shape index (κ2) is 5.99. The highest BCUT2D eigenvalue weighted by molar-refractivity contribution is 5.76. The van der Waals surface area contributed by atoms with Crippen LogP contribution in [0.3, 0.4) is 0 Å². The van der Waals surface area contributed by atoms with E-state index in [-0.39, 0.29) is 18.1 Å². The summed E-state index contributed by atoms with van der Waals surface area (Å²) in [6.45, 7) is 2.18. The maximum absolute atomic E-state index is 12.1. The van der Waals surface area contributed by atoms with Crippen LogP contribution in [0.4, 0.5) is 0 Å². The van der Waals surface area contributed by atoms with Crippen molar-refractivity contribution >= 4 is 5.91 Å². The van der Waals surface area contributed by atoms with Crippen molar-refractivity contribution in [2.75, 3.05) is 0 Å². The Hall–Kier alpha value is -2.31. The monoisotopic (exact) mass is 289 g/mol. The van der Waals surface area contributed by atoms with E-state index in [1.54, 1.807) is 18.6 Å². The van der Waals surface area contributed by atoms with Crippen molar-refractivity contribution in [2.24, 2.45) is 0 Å². The number of ether oxygens (including phenoxy) is 1. The zero-order valence-corrected chi connectivity index (χ0v) is 12.0. The predicted octanol–water partition coefficient (Wildman–Crippen LogP) is 1.03. The Kier molecular flexibility index (Phi) is 3.89. The number of aryl methyl sites for hydroxylation is 1. The zero-order valence-electron chi connectivity index (χ0n) is 12.0. The Balaban J connectivity index is 1.56. The van der Waals surface area contributed by atoms with E-state index < -0.39 is 0 Å². The number of nitrogens with zero attached hydrogens (tertiary/aromatic N) is 3. The fourth-order valence-electron chi connectivity index (χ4n) is 2.69. The third kappa shape index (κ3) is 3.24. The molecular weight excluding hydrogens is 270 g/mol. The summed E-state index contributed by atoms with van der Waals surface area (Å²) >= 11 is 0. The quantitative estimate of drug-likeness (QED) is 0.861. The van der Waals surface area contributed by atoms with Crippen LogP contribution in [0.25, 0.3) is 0 Å². The highest BCUT2D eigenvalue weighted by Crippen LogP contribution is 2.24. The van der Waals surface area contributed by atoms with Crippen LogP contribution < -0.4 is 10.1 Å². The summed E-state index contributed by atoms with van der Waals surface area (Å²) in [6, 6.07) is 0.0521. The number of aromatic nitrogens is 4. The van der Waals surface area contributed by atoms with Gasteiger partial charge in [-0.1, -0.05) is 0 Å². The number of aromatic amines is 1. The summed E-state index contributed by atoms with van der Waals surface area (Å²) in [4.78, 5) is 16.2. The first-order chi connectivity index (χ1) is 10.2. The van der Waals surface area contributed by atoms with E-state index in [9.17, 15) is 4.79 Å².